The normalized spacial score (nSPS) is 15.3. The van der Waals surface area contributed by atoms with Crippen LogP contribution in [0.3, 0.4) is 0 Å². The van der Waals surface area contributed by atoms with E-state index in [9.17, 15) is 0 Å². The van der Waals surface area contributed by atoms with Crippen molar-refractivity contribution < 1.29 is 19.5 Å². The quantitative estimate of drug-likeness (QED) is 0.206. The molecule has 0 atom stereocenters. The molecule has 0 saturated carbocycles. The van der Waals surface area contributed by atoms with E-state index in [-0.39, 0.29) is 76.0 Å². The molecule has 9 rings (SSSR count). The van der Waals surface area contributed by atoms with Crippen LogP contribution in [0.1, 0.15) is 15.1 Å². The molecule has 9 aromatic rings. The van der Waals surface area contributed by atoms with E-state index in [4.69, 9.17) is 19.5 Å². The van der Waals surface area contributed by atoms with Gasteiger partial charge in [-0.1, -0.05) is 84.7 Å². The Morgan fingerprint density at radius 2 is 1.33 bits per heavy atom. The number of nitrogens with zero attached hydrogens (tertiary/aromatic N) is 1. The summed E-state index contributed by atoms with van der Waals surface area (Å²) in [6, 6.07) is 22.3. The Hall–Kier alpha value is -5.38. The average Bonchev–Trinajstić information content (AvgIpc) is 3.74. The van der Waals surface area contributed by atoms with Crippen LogP contribution in [0.4, 0.5) is 17.1 Å². The number of para-hydroxylation sites is 2. The summed E-state index contributed by atoms with van der Waals surface area (Å²) in [7, 11) is 0. The third-order valence-electron chi connectivity index (χ3n) is 7.69. The van der Waals surface area contributed by atoms with Gasteiger partial charge in [-0.25, -0.2) is 0 Å². The van der Waals surface area contributed by atoms with Gasteiger partial charge in [0, 0.05) is 48.0 Å². The first-order chi connectivity index (χ1) is 25.8. The van der Waals surface area contributed by atoms with Crippen molar-refractivity contribution in [2.75, 3.05) is 4.90 Å². The fraction of sp³-hybridized carbons (Fsp3) is 0. The highest BCUT2D eigenvalue weighted by molar-refractivity contribution is 7.25. The molecule has 0 aliphatic carbocycles. The van der Waals surface area contributed by atoms with Crippen molar-refractivity contribution in [3.63, 3.8) is 0 Å². The summed E-state index contributed by atoms with van der Waals surface area (Å²) in [6.07, 6.45) is 0. The molecule has 2 nitrogen and oxygen atoms in total. The lowest BCUT2D eigenvalue weighted by atomic mass is 9.98. The fourth-order valence-corrected chi connectivity index (χ4v) is 6.80. The first kappa shape index (κ1) is 15.7. The van der Waals surface area contributed by atoms with Crippen molar-refractivity contribution in [3.05, 3.63) is 151 Å². The van der Waals surface area contributed by atoms with Crippen molar-refractivity contribution in [2.24, 2.45) is 0 Å². The number of thiophene rings is 1. The van der Waals surface area contributed by atoms with Gasteiger partial charge in [0.15, 0.2) is 0 Å². The smallest absolute Gasteiger partial charge is 0.136 e. The van der Waals surface area contributed by atoms with Crippen LogP contribution in [-0.2, 0) is 0 Å². The molecule has 2 aromatic heterocycles. The van der Waals surface area contributed by atoms with E-state index in [0.29, 0.717) is 33.3 Å². The number of fused-ring (bicyclic) bond motifs is 8. The molecule has 2 heterocycles. The Labute approximate surface area is 268 Å². The van der Waals surface area contributed by atoms with Crippen LogP contribution < -0.4 is 4.90 Å². The number of hydrogen-bond acceptors (Lipinski definition) is 3. The van der Waals surface area contributed by atoms with E-state index >= 15 is 0 Å². The Balaban J connectivity index is 1.23. The van der Waals surface area contributed by atoms with E-state index in [1.54, 1.807) is 52.6 Å². The van der Waals surface area contributed by atoms with E-state index in [1.807, 2.05) is 42.5 Å². The van der Waals surface area contributed by atoms with Crippen LogP contribution in [0.25, 0.3) is 64.0 Å². The van der Waals surface area contributed by atoms with Crippen molar-refractivity contribution in [3.8, 4) is 11.1 Å². The standard InChI is InChI=1S/C40H25NOS/c1-2-8-29(9-3-1)41(31-20-23-39-35(25-31)33-10-5-7-13-38(33)43-39)30-18-14-26(15-19-30)27-16-21-32-28(24-27)17-22-37-40(32)34-11-4-6-12-36(34)42-37/h1-25H/i1D,2D,3D,4D,6D,8D,9D,11D,17D,21D,22D. The summed E-state index contributed by atoms with van der Waals surface area (Å²) in [6.45, 7) is 0. The van der Waals surface area contributed by atoms with Gasteiger partial charge in [0.1, 0.15) is 11.2 Å². The molecule has 0 radical (unpaired) electrons. The number of benzene rings is 7. The molecule has 3 heteroatoms. The molecule has 7 aromatic carbocycles. The maximum Gasteiger partial charge on any atom is 0.136 e. The molecule has 0 spiro atoms. The third-order valence-corrected chi connectivity index (χ3v) is 8.84. The van der Waals surface area contributed by atoms with Crippen molar-refractivity contribution in [2.45, 2.75) is 0 Å². The van der Waals surface area contributed by atoms with E-state index in [1.165, 1.54) is 6.07 Å². The molecule has 0 fully saturated rings. The SMILES string of the molecule is [2H]c1cc2oc3c([2H])c([2H])c4cc(-c5ccc(N(c6ccc7sc8ccccc8c7c6)c6c([2H])c([2H])c([2H])c([2H])c6[2H])cc5)cc([2H])c4c3c2c([2H])c1[2H]. The van der Waals surface area contributed by atoms with Crippen LogP contribution in [-0.4, -0.2) is 0 Å². The Morgan fingerprint density at radius 1 is 0.512 bits per heavy atom. The Kier molecular flexibility index (Phi) is 3.51. The van der Waals surface area contributed by atoms with Crippen LogP contribution in [0.2, 0.25) is 0 Å². The number of hydrogen-bond donors (Lipinski definition) is 0. The first-order valence-corrected chi connectivity index (χ1v) is 14.4. The summed E-state index contributed by atoms with van der Waals surface area (Å²) >= 11 is 1.65. The molecule has 0 N–H and O–H groups in total. The zero-order valence-corrected chi connectivity index (χ0v) is 23.2. The van der Waals surface area contributed by atoms with Gasteiger partial charge in [0.2, 0.25) is 0 Å². The summed E-state index contributed by atoms with van der Waals surface area (Å²) in [5.74, 6) is 0. The van der Waals surface area contributed by atoms with Gasteiger partial charge in [-0.3, -0.25) is 0 Å². The number of furan rings is 1. The lowest BCUT2D eigenvalue weighted by Gasteiger charge is -2.26. The van der Waals surface area contributed by atoms with Crippen LogP contribution >= 0.6 is 11.3 Å². The largest absolute Gasteiger partial charge is 0.456 e. The van der Waals surface area contributed by atoms with Crippen molar-refractivity contribution in [1.82, 2.24) is 0 Å². The highest BCUT2D eigenvalue weighted by Gasteiger charge is 2.15. The highest BCUT2D eigenvalue weighted by atomic mass is 32.1. The monoisotopic (exact) mass is 578 g/mol. The maximum atomic E-state index is 9.10. The molecular weight excluding hydrogens is 543 g/mol. The zero-order valence-electron chi connectivity index (χ0n) is 33.3. The van der Waals surface area contributed by atoms with Gasteiger partial charge in [-0.05, 0) is 88.6 Å². The predicted octanol–water partition coefficient (Wildman–Crippen LogP) is 12.2. The first-order valence-electron chi connectivity index (χ1n) is 19.1. The van der Waals surface area contributed by atoms with Gasteiger partial charge in [-0.2, -0.15) is 0 Å². The van der Waals surface area contributed by atoms with Gasteiger partial charge in [-0.15, -0.1) is 11.3 Å². The van der Waals surface area contributed by atoms with Crippen LogP contribution in [0.15, 0.2) is 156 Å². The number of anilines is 3. The second-order valence-corrected chi connectivity index (χ2v) is 11.2. The maximum absolute atomic E-state index is 9.10. The molecule has 43 heavy (non-hydrogen) atoms. The fourth-order valence-electron chi connectivity index (χ4n) is 5.71. The summed E-state index contributed by atoms with van der Waals surface area (Å²) in [5.41, 5.74) is 2.50. The molecule has 0 aliphatic heterocycles. The zero-order chi connectivity index (χ0) is 37.9. The van der Waals surface area contributed by atoms with Gasteiger partial charge in [0.25, 0.3) is 0 Å². The lowest BCUT2D eigenvalue weighted by molar-refractivity contribution is 0.669. The molecular formula is C40H25NOS. The minimum Gasteiger partial charge on any atom is -0.456 e. The lowest BCUT2D eigenvalue weighted by Crippen LogP contribution is -2.09. The average molecular weight is 579 g/mol. The second-order valence-electron chi connectivity index (χ2n) is 10.1. The van der Waals surface area contributed by atoms with E-state index < -0.39 is 18.1 Å². The van der Waals surface area contributed by atoms with Gasteiger partial charge < -0.3 is 9.32 Å². The number of rotatable bonds is 4. The third kappa shape index (κ3) is 3.93. The summed E-state index contributed by atoms with van der Waals surface area (Å²) in [5, 5.41) is 3.12. The van der Waals surface area contributed by atoms with E-state index in [2.05, 4.69) is 0 Å². The minimum atomic E-state index is -0.489. The van der Waals surface area contributed by atoms with Crippen LogP contribution in [0.5, 0.6) is 0 Å². The van der Waals surface area contributed by atoms with Gasteiger partial charge >= 0.3 is 0 Å². The molecule has 0 saturated heterocycles. The second kappa shape index (κ2) is 9.59. The Morgan fingerprint density at radius 3 is 2.23 bits per heavy atom. The molecule has 202 valence electrons. The molecule has 0 amide bonds. The Bertz CT molecular complexity index is 3050. The highest BCUT2D eigenvalue weighted by Crippen LogP contribution is 2.41. The molecule has 0 bridgehead atoms. The molecule has 0 unspecified atom stereocenters. The predicted molar refractivity (Wildman–Crippen MR) is 184 cm³/mol. The van der Waals surface area contributed by atoms with Gasteiger partial charge in [0.05, 0.1) is 15.1 Å². The van der Waals surface area contributed by atoms with E-state index in [0.717, 1.165) is 20.2 Å². The van der Waals surface area contributed by atoms with Crippen molar-refractivity contribution >= 4 is 81.3 Å². The summed E-state index contributed by atoms with van der Waals surface area (Å²) < 4.78 is 102. The molecule has 0 aliphatic rings. The van der Waals surface area contributed by atoms with Crippen LogP contribution in [0, 0.1) is 0 Å². The topological polar surface area (TPSA) is 16.4 Å². The summed E-state index contributed by atoms with van der Waals surface area (Å²) in [4.78, 5) is 1.66. The minimum absolute atomic E-state index is 0.00731. The van der Waals surface area contributed by atoms with Crippen molar-refractivity contribution in [1.29, 1.82) is 0 Å².